The van der Waals surface area contributed by atoms with E-state index in [1.807, 2.05) is 0 Å². The van der Waals surface area contributed by atoms with Crippen LogP contribution in [0.15, 0.2) is 24.3 Å². The van der Waals surface area contributed by atoms with E-state index in [1.165, 1.54) is 10.6 Å². The van der Waals surface area contributed by atoms with Crippen LogP contribution in [0.2, 0.25) is 0 Å². The number of carbonyl (C=O) groups is 1. The van der Waals surface area contributed by atoms with Gasteiger partial charge in [0.05, 0.1) is 16.6 Å². The third-order valence-corrected chi connectivity index (χ3v) is 2.93. The minimum Gasteiger partial charge on any atom is -0.478 e. The molecule has 0 aliphatic carbocycles. The van der Waals surface area contributed by atoms with Gasteiger partial charge in [-0.15, -0.1) is 10.2 Å². The van der Waals surface area contributed by atoms with Crippen LogP contribution in [0.4, 0.5) is 0 Å². The van der Waals surface area contributed by atoms with Crippen molar-refractivity contribution in [3.8, 4) is 5.69 Å². The van der Waals surface area contributed by atoms with Gasteiger partial charge in [-0.05, 0) is 12.1 Å². The molecule has 2 N–H and O–H groups in total. The van der Waals surface area contributed by atoms with E-state index in [4.69, 9.17) is 5.11 Å². The molecule has 94 valence electrons. The Hall–Kier alpha value is -1.73. The topological polar surface area (TPSA) is 88.2 Å². The van der Waals surface area contributed by atoms with Crippen LogP contribution in [-0.2, 0) is 11.9 Å². The summed E-state index contributed by atoms with van der Waals surface area (Å²) >= 11 is 3.26. The van der Waals surface area contributed by atoms with Crippen LogP contribution in [0.1, 0.15) is 22.0 Å². The number of carboxylic acids is 1. The number of para-hydroxylation sites is 1. The van der Waals surface area contributed by atoms with Crippen molar-refractivity contribution < 1.29 is 15.0 Å². The molecule has 0 saturated heterocycles. The highest BCUT2D eigenvalue weighted by molar-refractivity contribution is 9.08. The van der Waals surface area contributed by atoms with Gasteiger partial charge in [-0.1, -0.05) is 28.1 Å². The highest BCUT2D eigenvalue weighted by atomic mass is 79.9. The summed E-state index contributed by atoms with van der Waals surface area (Å²) in [5.74, 6) is -0.199. The molecule has 1 heterocycles. The van der Waals surface area contributed by atoms with Crippen molar-refractivity contribution in [3.63, 3.8) is 0 Å². The van der Waals surface area contributed by atoms with Gasteiger partial charge in [0.25, 0.3) is 0 Å². The van der Waals surface area contributed by atoms with E-state index in [1.54, 1.807) is 18.2 Å². The standard InChI is InChI=1S/C11H10BrN3O3/c12-5-9-13-14-10(6-16)15(9)8-4-2-1-3-7(8)11(17)18/h1-4,16H,5-6H2,(H,17,18). The fourth-order valence-corrected chi connectivity index (χ4v) is 2.03. The Morgan fingerprint density at radius 2 is 1.94 bits per heavy atom. The first-order valence-corrected chi connectivity index (χ1v) is 6.24. The van der Waals surface area contributed by atoms with E-state index >= 15 is 0 Å². The Morgan fingerprint density at radius 1 is 1.28 bits per heavy atom. The van der Waals surface area contributed by atoms with Crippen LogP contribution >= 0.6 is 15.9 Å². The Bertz CT molecular complexity index is 561. The molecule has 0 atom stereocenters. The number of halogens is 1. The Morgan fingerprint density at radius 3 is 2.56 bits per heavy atom. The molecule has 1 aromatic heterocycles. The lowest BCUT2D eigenvalue weighted by atomic mass is 10.1. The molecule has 0 spiro atoms. The lowest BCUT2D eigenvalue weighted by molar-refractivity contribution is 0.0697. The molecule has 0 radical (unpaired) electrons. The van der Waals surface area contributed by atoms with E-state index < -0.39 is 5.97 Å². The maximum Gasteiger partial charge on any atom is 0.337 e. The number of aromatic carboxylic acids is 1. The van der Waals surface area contributed by atoms with Crippen LogP contribution < -0.4 is 0 Å². The van der Waals surface area contributed by atoms with Crippen molar-refractivity contribution >= 4 is 21.9 Å². The van der Waals surface area contributed by atoms with Crippen LogP contribution in [-0.4, -0.2) is 30.9 Å². The van der Waals surface area contributed by atoms with Crippen LogP contribution in [0.5, 0.6) is 0 Å². The predicted octanol–water partition coefficient (Wildman–Crippen LogP) is 1.35. The fraction of sp³-hybridized carbons (Fsp3) is 0.182. The number of aliphatic hydroxyl groups is 1. The van der Waals surface area contributed by atoms with Gasteiger partial charge < -0.3 is 10.2 Å². The third-order valence-electron chi connectivity index (χ3n) is 2.43. The zero-order chi connectivity index (χ0) is 13.1. The Balaban J connectivity index is 2.68. The number of benzene rings is 1. The van der Waals surface area contributed by atoms with E-state index in [9.17, 15) is 9.90 Å². The van der Waals surface area contributed by atoms with Gasteiger partial charge >= 0.3 is 5.97 Å². The van der Waals surface area contributed by atoms with Crippen molar-refractivity contribution in [2.24, 2.45) is 0 Å². The quantitative estimate of drug-likeness (QED) is 0.832. The molecule has 0 aliphatic heterocycles. The lowest BCUT2D eigenvalue weighted by Crippen LogP contribution is -2.10. The smallest absolute Gasteiger partial charge is 0.337 e. The summed E-state index contributed by atoms with van der Waals surface area (Å²) in [6.07, 6.45) is 0. The number of hydrogen-bond donors (Lipinski definition) is 2. The van der Waals surface area contributed by atoms with Gasteiger partial charge in [-0.25, -0.2) is 4.79 Å². The Kier molecular flexibility index (Phi) is 3.73. The highest BCUT2D eigenvalue weighted by Crippen LogP contribution is 2.19. The molecule has 7 heteroatoms. The van der Waals surface area contributed by atoms with Gasteiger partial charge in [0.15, 0.2) is 5.82 Å². The summed E-state index contributed by atoms with van der Waals surface area (Å²) in [6, 6.07) is 6.51. The van der Waals surface area contributed by atoms with Crippen molar-refractivity contribution in [3.05, 3.63) is 41.5 Å². The number of aromatic nitrogens is 3. The zero-order valence-corrected chi connectivity index (χ0v) is 10.8. The summed E-state index contributed by atoms with van der Waals surface area (Å²) in [4.78, 5) is 11.2. The molecular weight excluding hydrogens is 302 g/mol. The molecule has 0 amide bonds. The SMILES string of the molecule is O=C(O)c1ccccc1-n1c(CO)nnc1CBr. The second-order valence-corrected chi connectivity index (χ2v) is 4.04. The first kappa shape index (κ1) is 12.7. The average molecular weight is 312 g/mol. The minimum atomic E-state index is -1.04. The minimum absolute atomic E-state index is 0.134. The average Bonchev–Trinajstić information content (AvgIpc) is 2.81. The second-order valence-electron chi connectivity index (χ2n) is 3.48. The molecule has 2 aromatic rings. The molecule has 0 aliphatic rings. The molecule has 0 unspecified atom stereocenters. The molecule has 18 heavy (non-hydrogen) atoms. The van der Waals surface area contributed by atoms with Gasteiger partial charge in [-0.2, -0.15) is 0 Å². The van der Waals surface area contributed by atoms with Crippen LogP contribution in [0, 0.1) is 0 Å². The summed E-state index contributed by atoms with van der Waals surface area (Å²) in [6.45, 7) is -0.312. The maximum atomic E-state index is 11.2. The summed E-state index contributed by atoms with van der Waals surface area (Å²) in [5, 5.41) is 26.5. The van der Waals surface area contributed by atoms with E-state index in [0.29, 0.717) is 22.7 Å². The first-order valence-electron chi connectivity index (χ1n) is 5.11. The summed E-state index contributed by atoms with van der Waals surface area (Å²) < 4.78 is 1.54. The molecule has 1 aromatic carbocycles. The number of hydrogen-bond acceptors (Lipinski definition) is 4. The largest absolute Gasteiger partial charge is 0.478 e. The lowest BCUT2D eigenvalue weighted by Gasteiger charge is -2.10. The van der Waals surface area contributed by atoms with Crippen LogP contribution in [0.25, 0.3) is 5.69 Å². The number of nitrogens with zero attached hydrogens (tertiary/aromatic N) is 3. The van der Waals surface area contributed by atoms with Crippen molar-refractivity contribution in [1.82, 2.24) is 14.8 Å². The number of rotatable bonds is 4. The third kappa shape index (κ3) is 2.14. The molecule has 0 fully saturated rings. The summed E-state index contributed by atoms with van der Waals surface area (Å²) in [5.41, 5.74) is 0.572. The van der Waals surface area contributed by atoms with Crippen molar-refractivity contribution in [2.45, 2.75) is 11.9 Å². The molecular formula is C11H10BrN3O3. The first-order chi connectivity index (χ1) is 8.69. The van der Waals surface area contributed by atoms with Crippen molar-refractivity contribution in [1.29, 1.82) is 0 Å². The monoisotopic (exact) mass is 311 g/mol. The van der Waals surface area contributed by atoms with E-state index in [-0.39, 0.29) is 12.2 Å². The van der Waals surface area contributed by atoms with E-state index in [2.05, 4.69) is 26.1 Å². The molecule has 0 saturated carbocycles. The zero-order valence-electron chi connectivity index (χ0n) is 9.25. The van der Waals surface area contributed by atoms with E-state index in [0.717, 1.165) is 0 Å². The van der Waals surface area contributed by atoms with Crippen molar-refractivity contribution in [2.75, 3.05) is 0 Å². The second kappa shape index (κ2) is 5.28. The van der Waals surface area contributed by atoms with Gasteiger partial charge in [0, 0.05) is 0 Å². The normalized spacial score (nSPS) is 10.6. The number of alkyl halides is 1. The predicted molar refractivity (Wildman–Crippen MR) is 66.9 cm³/mol. The number of carboxylic acid groups (broad SMARTS) is 1. The molecule has 2 rings (SSSR count). The fourth-order valence-electron chi connectivity index (χ4n) is 1.67. The maximum absolute atomic E-state index is 11.2. The molecule has 0 bridgehead atoms. The number of aliphatic hydroxyl groups excluding tert-OH is 1. The summed E-state index contributed by atoms with van der Waals surface area (Å²) in [7, 11) is 0. The van der Waals surface area contributed by atoms with Gasteiger partial charge in [0.2, 0.25) is 0 Å². The van der Waals surface area contributed by atoms with Gasteiger partial charge in [0.1, 0.15) is 12.4 Å². The van der Waals surface area contributed by atoms with Crippen LogP contribution in [0.3, 0.4) is 0 Å². The highest BCUT2D eigenvalue weighted by Gasteiger charge is 2.17. The Labute approximate surface area is 111 Å². The molecule has 6 nitrogen and oxygen atoms in total. The van der Waals surface area contributed by atoms with Gasteiger partial charge in [-0.3, -0.25) is 4.57 Å².